The molecule has 0 amide bonds. The fourth-order valence-corrected chi connectivity index (χ4v) is 6.06. The van der Waals surface area contributed by atoms with Gasteiger partial charge in [-0.1, -0.05) is 61.3 Å². The first-order valence-electron chi connectivity index (χ1n) is 14.4. The molecule has 0 aliphatic heterocycles. The standard InChI is InChI=1S/C29H49BrN2O8SSi2/c1-41(34,35)32(40-23-37-17-19-43(5,6)7)27-20-24(8-13-29(27)39-22-36-16-18-42(2,3)4)28(33)21-31-14-15-38-26-11-9-25(30)10-12-26/h8-13,20,28,31,33H,14-19,21-23H2,1-7H3/t28-/m0/s1. The molecule has 244 valence electrons. The van der Waals surface area contributed by atoms with Crippen molar-refractivity contribution in [2.24, 2.45) is 0 Å². The van der Waals surface area contributed by atoms with Crippen molar-refractivity contribution in [2.75, 3.05) is 57.2 Å². The molecule has 0 radical (unpaired) electrons. The number of ether oxygens (including phenoxy) is 4. The topological polar surface area (TPSA) is 116 Å². The maximum atomic E-state index is 12.8. The first-order chi connectivity index (χ1) is 20.0. The van der Waals surface area contributed by atoms with Gasteiger partial charge in [-0.3, -0.25) is 0 Å². The van der Waals surface area contributed by atoms with Crippen LogP contribution in [0.2, 0.25) is 51.4 Å². The lowest BCUT2D eigenvalue weighted by molar-refractivity contribution is -0.0446. The van der Waals surface area contributed by atoms with Crippen molar-refractivity contribution in [1.29, 1.82) is 0 Å². The van der Waals surface area contributed by atoms with Gasteiger partial charge in [0.2, 0.25) is 0 Å². The average molecular weight is 722 g/mol. The third-order valence-corrected chi connectivity index (χ3v) is 10.9. The average Bonchev–Trinajstić information content (AvgIpc) is 2.89. The summed E-state index contributed by atoms with van der Waals surface area (Å²) < 4.78 is 50.3. The molecule has 0 spiro atoms. The number of aliphatic hydroxyl groups is 1. The fraction of sp³-hybridized carbons (Fsp3) is 0.586. The summed E-state index contributed by atoms with van der Waals surface area (Å²) in [6.45, 7) is 15.3. The molecule has 0 saturated carbocycles. The summed E-state index contributed by atoms with van der Waals surface area (Å²) >= 11 is 3.40. The van der Waals surface area contributed by atoms with E-state index in [1.165, 1.54) is 0 Å². The number of nitrogens with zero attached hydrogens (tertiary/aromatic N) is 1. The van der Waals surface area contributed by atoms with E-state index in [9.17, 15) is 13.5 Å². The van der Waals surface area contributed by atoms with Gasteiger partial charge in [0, 0.05) is 46.9 Å². The second kappa shape index (κ2) is 17.9. The molecule has 2 N–H and O–H groups in total. The van der Waals surface area contributed by atoms with Crippen LogP contribution in [0, 0.1) is 0 Å². The van der Waals surface area contributed by atoms with Gasteiger partial charge in [-0.2, -0.15) is 0 Å². The van der Waals surface area contributed by atoms with E-state index in [4.69, 9.17) is 23.8 Å². The highest BCUT2D eigenvalue weighted by Gasteiger charge is 2.25. The Morgan fingerprint density at radius 1 is 0.884 bits per heavy atom. The van der Waals surface area contributed by atoms with Crippen molar-refractivity contribution in [3.8, 4) is 11.5 Å². The molecule has 2 rings (SSSR count). The summed E-state index contributed by atoms with van der Waals surface area (Å²) in [5.41, 5.74) is 0.612. The van der Waals surface area contributed by atoms with Crippen molar-refractivity contribution in [3.63, 3.8) is 0 Å². The van der Waals surface area contributed by atoms with Crippen molar-refractivity contribution in [1.82, 2.24) is 5.32 Å². The Morgan fingerprint density at radius 2 is 1.49 bits per heavy atom. The number of aliphatic hydroxyl groups excluding tert-OH is 1. The molecule has 0 unspecified atom stereocenters. The van der Waals surface area contributed by atoms with E-state index in [0.29, 0.717) is 31.9 Å². The van der Waals surface area contributed by atoms with Crippen LogP contribution in [-0.4, -0.2) is 82.4 Å². The summed E-state index contributed by atoms with van der Waals surface area (Å²) in [6.07, 6.45) is 0.113. The molecule has 0 aromatic heterocycles. The fourth-order valence-electron chi connectivity index (χ4n) is 3.54. The lowest BCUT2D eigenvalue weighted by Gasteiger charge is -2.25. The van der Waals surface area contributed by atoms with Crippen molar-refractivity contribution >= 4 is 47.8 Å². The van der Waals surface area contributed by atoms with Crippen LogP contribution in [0.3, 0.4) is 0 Å². The zero-order chi connectivity index (χ0) is 32.1. The van der Waals surface area contributed by atoms with E-state index in [-0.39, 0.29) is 31.6 Å². The van der Waals surface area contributed by atoms with E-state index in [2.05, 4.69) is 60.5 Å². The van der Waals surface area contributed by atoms with Gasteiger partial charge in [0.1, 0.15) is 23.8 Å². The van der Waals surface area contributed by atoms with Crippen molar-refractivity contribution in [2.45, 2.75) is 57.5 Å². The molecule has 0 fully saturated rings. The molecule has 0 saturated heterocycles. The zero-order valence-electron chi connectivity index (χ0n) is 26.5. The molecule has 10 nitrogen and oxygen atoms in total. The summed E-state index contributed by atoms with van der Waals surface area (Å²) in [5, 5.41) is 14.1. The number of halogens is 1. The van der Waals surface area contributed by atoms with Gasteiger partial charge in [-0.15, -0.1) is 4.47 Å². The van der Waals surface area contributed by atoms with Crippen LogP contribution in [0.5, 0.6) is 11.5 Å². The van der Waals surface area contributed by atoms with Crippen LogP contribution in [-0.2, 0) is 24.3 Å². The van der Waals surface area contributed by atoms with E-state index >= 15 is 0 Å². The summed E-state index contributed by atoms with van der Waals surface area (Å²) in [5.74, 6) is 0.993. The van der Waals surface area contributed by atoms with E-state index < -0.39 is 32.3 Å². The van der Waals surface area contributed by atoms with Crippen molar-refractivity contribution in [3.05, 3.63) is 52.5 Å². The Labute approximate surface area is 268 Å². The van der Waals surface area contributed by atoms with Crippen LogP contribution >= 0.6 is 15.9 Å². The first-order valence-corrected chi connectivity index (χ1v) is 24.4. The highest BCUT2D eigenvalue weighted by molar-refractivity contribution is 9.10. The molecular weight excluding hydrogens is 672 g/mol. The Morgan fingerprint density at radius 3 is 2.07 bits per heavy atom. The SMILES string of the molecule is C[Si](C)(C)CCOCOc1ccc([C@@H](O)CNCCOc2ccc(Br)cc2)cc1N(OCOCC[Si](C)(C)C)S(C)(=O)=O. The quantitative estimate of drug-likeness (QED) is 0.0709. The normalized spacial score (nSPS) is 13.1. The van der Waals surface area contributed by atoms with E-state index in [1.54, 1.807) is 18.2 Å². The van der Waals surface area contributed by atoms with Crippen LogP contribution in [0.1, 0.15) is 11.7 Å². The van der Waals surface area contributed by atoms with Gasteiger partial charge in [-0.05, 0) is 54.0 Å². The van der Waals surface area contributed by atoms with Gasteiger partial charge >= 0.3 is 0 Å². The Kier molecular flexibility index (Phi) is 15.6. The Balaban J connectivity index is 2.10. The molecule has 1 atom stereocenters. The minimum absolute atomic E-state index is 0.0520. The molecular formula is C29H49BrN2O8SSi2. The van der Waals surface area contributed by atoms with Gasteiger partial charge in [0.25, 0.3) is 10.0 Å². The third kappa shape index (κ3) is 15.9. The number of anilines is 1. The summed E-state index contributed by atoms with van der Waals surface area (Å²) in [4.78, 5) is 5.62. The summed E-state index contributed by atoms with van der Waals surface area (Å²) in [6, 6.07) is 14.3. The highest BCUT2D eigenvalue weighted by Crippen LogP contribution is 2.33. The van der Waals surface area contributed by atoms with Crippen LogP contribution in [0.4, 0.5) is 5.69 Å². The van der Waals surface area contributed by atoms with Gasteiger partial charge in [-0.25, -0.2) is 13.3 Å². The van der Waals surface area contributed by atoms with Gasteiger partial charge < -0.3 is 29.4 Å². The number of hydrogen-bond acceptors (Lipinski definition) is 9. The number of benzene rings is 2. The van der Waals surface area contributed by atoms with E-state index in [0.717, 1.165) is 33.0 Å². The second-order valence-corrected chi connectivity index (χ2v) is 26.6. The first kappa shape index (κ1) is 37.7. The van der Waals surface area contributed by atoms with Crippen LogP contribution < -0.4 is 19.3 Å². The smallest absolute Gasteiger partial charge is 0.254 e. The molecule has 0 aliphatic rings. The lowest BCUT2D eigenvalue weighted by atomic mass is 10.1. The number of nitrogens with one attached hydrogen (secondary N) is 1. The van der Waals surface area contributed by atoms with Crippen LogP contribution in [0.25, 0.3) is 0 Å². The van der Waals surface area contributed by atoms with Gasteiger partial charge in [0.15, 0.2) is 13.6 Å². The number of hydrogen-bond donors (Lipinski definition) is 2. The highest BCUT2D eigenvalue weighted by atomic mass is 79.9. The van der Waals surface area contributed by atoms with Gasteiger partial charge in [0.05, 0.1) is 12.4 Å². The number of rotatable bonds is 21. The predicted molar refractivity (Wildman–Crippen MR) is 181 cm³/mol. The molecule has 0 aliphatic carbocycles. The Bertz CT molecular complexity index is 1210. The minimum atomic E-state index is -3.90. The monoisotopic (exact) mass is 720 g/mol. The maximum absolute atomic E-state index is 12.8. The molecule has 14 heteroatoms. The Hall–Kier alpha value is -1.50. The minimum Gasteiger partial charge on any atom is -0.492 e. The molecule has 2 aromatic carbocycles. The van der Waals surface area contributed by atoms with Crippen molar-refractivity contribution < 1.29 is 37.3 Å². The zero-order valence-corrected chi connectivity index (χ0v) is 30.9. The molecule has 2 aromatic rings. The molecule has 0 heterocycles. The lowest BCUT2D eigenvalue weighted by Crippen LogP contribution is -2.32. The number of sulfonamides is 1. The largest absolute Gasteiger partial charge is 0.492 e. The third-order valence-electron chi connectivity index (χ3n) is 6.11. The second-order valence-electron chi connectivity index (χ2n) is 12.7. The van der Waals surface area contributed by atoms with E-state index in [1.807, 2.05) is 24.3 Å². The maximum Gasteiger partial charge on any atom is 0.254 e. The molecule has 43 heavy (non-hydrogen) atoms. The summed E-state index contributed by atoms with van der Waals surface area (Å²) in [7, 11) is -6.49. The van der Waals surface area contributed by atoms with Crippen LogP contribution in [0.15, 0.2) is 46.9 Å². The predicted octanol–water partition coefficient (Wildman–Crippen LogP) is 5.85. The molecule has 0 bridgehead atoms.